The molecule has 1 N–H and O–H groups in total. The fraction of sp³-hybridized carbons (Fsp3) is 1.00. The fourth-order valence-electron chi connectivity index (χ4n) is 3.82. The van der Waals surface area contributed by atoms with Gasteiger partial charge in [-0.1, -0.05) is 33.6 Å². The molecule has 0 aliphatic carbocycles. The number of piperidine rings is 1. The molecule has 2 saturated heterocycles. The molecule has 0 spiro atoms. The van der Waals surface area contributed by atoms with Crippen LogP contribution in [-0.4, -0.2) is 36.6 Å². The summed E-state index contributed by atoms with van der Waals surface area (Å²) in [6, 6.07) is 1.65. The molecule has 0 amide bonds. The van der Waals surface area contributed by atoms with Gasteiger partial charge in [0.15, 0.2) is 0 Å². The van der Waals surface area contributed by atoms with Gasteiger partial charge >= 0.3 is 0 Å². The molecule has 2 heteroatoms. The van der Waals surface area contributed by atoms with E-state index in [9.17, 15) is 0 Å². The maximum Gasteiger partial charge on any atom is 0.0173 e. The van der Waals surface area contributed by atoms with Gasteiger partial charge in [0.25, 0.3) is 0 Å². The predicted molar refractivity (Wildman–Crippen MR) is 74.3 cm³/mol. The van der Waals surface area contributed by atoms with Gasteiger partial charge in [0.1, 0.15) is 0 Å². The van der Waals surface area contributed by atoms with Crippen molar-refractivity contribution in [1.29, 1.82) is 0 Å². The summed E-state index contributed by atoms with van der Waals surface area (Å²) in [6.07, 6.45) is 8.40. The largest absolute Gasteiger partial charge is 0.316 e. The Labute approximate surface area is 107 Å². The van der Waals surface area contributed by atoms with Gasteiger partial charge < -0.3 is 5.32 Å². The second-order valence-corrected chi connectivity index (χ2v) is 6.62. The maximum absolute atomic E-state index is 3.57. The summed E-state index contributed by atoms with van der Waals surface area (Å²) in [4.78, 5) is 2.87. The zero-order valence-electron chi connectivity index (χ0n) is 12.0. The lowest BCUT2D eigenvalue weighted by molar-refractivity contribution is 0.0273. The SMILES string of the molecule is CCC1CCCCCN1C1CCNCC1(C)C. The maximum atomic E-state index is 3.57. The first-order chi connectivity index (χ1) is 8.15. The first-order valence-corrected chi connectivity index (χ1v) is 7.61. The summed E-state index contributed by atoms with van der Waals surface area (Å²) in [6.45, 7) is 11.0. The van der Waals surface area contributed by atoms with Crippen LogP contribution in [0, 0.1) is 5.41 Å². The van der Waals surface area contributed by atoms with Crippen LogP contribution in [0.15, 0.2) is 0 Å². The first kappa shape index (κ1) is 13.4. The quantitative estimate of drug-likeness (QED) is 0.795. The minimum atomic E-state index is 0.440. The Bertz CT molecular complexity index is 237. The zero-order valence-corrected chi connectivity index (χ0v) is 12.0. The molecule has 2 heterocycles. The Morgan fingerprint density at radius 2 is 2.00 bits per heavy atom. The third-order valence-electron chi connectivity index (χ3n) is 4.87. The van der Waals surface area contributed by atoms with Crippen molar-refractivity contribution in [1.82, 2.24) is 10.2 Å². The topological polar surface area (TPSA) is 15.3 Å². The molecule has 0 radical (unpaired) electrons. The second kappa shape index (κ2) is 5.71. The van der Waals surface area contributed by atoms with E-state index in [4.69, 9.17) is 0 Å². The van der Waals surface area contributed by atoms with Crippen LogP contribution < -0.4 is 5.32 Å². The molecule has 0 bridgehead atoms. The van der Waals surface area contributed by atoms with Crippen LogP contribution in [0.3, 0.4) is 0 Å². The highest BCUT2D eigenvalue weighted by Crippen LogP contribution is 2.34. The van der Waals surface area contributed by atoms with Crippen LogP contribution in [-0.2, 0) is 0 Å². The monoisotopic (exact) mass is 238 g/mol. The van der Waals surface area contributed by atoms with Gasteiger partial charge in [-0.05, 0) is 44.2 Å². The molecular formula is C15H30N2. The van der Waals surface area contributed by atoms with E-state index in [2.05, 4.69) is 31.0 Å². The van der Waals surface area contributed by atoms with Crippen molar-refractivity contribution in [2.45, 2.75) is 71.4 Å². The van der Waals surface area contributed by atoms with Crippen LogP contribution in [0.4, 0.5) is 0 Å². The molecule has 2 aliphatic heterocycles. The number of likely N-dealkylation sites (tertiary alicyclic amines) is 1. The second-order valence-electron chi connectivity index (χ2n) is 6.62. The molecular weight excluding hydrogens is 208 g/mol. The lowest BCUT2D eigenvalue weighted by Gasteiger charge is -2.48. The van der Waals surface area contributed by atoms with E-state index in [0.29, 0.717) is 5.41 Å². The molecule has 0 aromatic carbocycles. The van der Waals surface area contributed by atoms with Gasteiger partial charge in [-0.3, -0.25) is 4.90 Å². The normalized spacial score (nSPS) is 35.5. The predicted octanol–water partition coefficient (Wildman–Crippen LogP) is 3.03. The average Bonchev–Trinajstić information content (AvgIpc) is 2.53. The van der Waals surface area contributed by atoms with Crippen LogP contribution in [0.1, 0.15) is 59.3 Å². The third-order valence-corrected chi connectivity index (χ3v) is 4.87. The van der Waals surface area contributed by atoms with E-state index in [1.54, 1.807) is 0 Å². The van der Waals surface area contributed by atoms with Crippen molar-refractivity contribution < 1.29 is 0 Å². The van der Waals surface area contributed by atoms with Crippen molar-refractivity contribution in [3.8, 4) is 0 Å². The molecule has 17 heavy (non-hydrogen) atoms. The zero-order chi connectivity index (χ0) is 12.3. The number of rotatable bonds is 2. The van der Waals surface area contributed by atoms with Crippen molar-refractivity contribution in [2.75, 3.05) is 19.6 Å². The van der Waals surface area contributed by atoms with Gasteiger partial charge in [0, 0.05) is 18.6 Å². The van der Waals surface area contributed by atoms with Gasteiger partial charge in [-0.2, -0.15) is 0 Å². The molecule has 0 aromatic rings. The minimum Gasteiger partial charge on any atom is -0.316 e. The van der Waals surface area contributed by atoms with Crippen LogP contribution in [0.2, 0.25) is 0 Å². The molecule has 2 atom stereocenters. The molecule has 2 fully saturated rings. The van der Waals surface area contributed by atoms with Crippen LogP contribution in [0.25, 0.3) is 0 Å². The van der Waals surface area contributed by atoms with E-state index in [1.807, 2.05) is 0 Å². The van der Waals surface area contributed by atoms with Gasteiger partial charge in [0.2, 0.25) is 0 Å². The lowest BCUT2D eigenvalue weighted by atomic mass is 9.78. The summed E-state index contributed by atoms with van der Waals surface area (Å²) >= 11 is 0. The van der Waals surface area contributed by atoms with E-state index in [0.717, 1.165) is 12.1 Å². The Balaban J connectivity index is 2.10. The van der Waals surface area contributed by atoms with Crippen LogP contribution >= 0.6 is 0 Å². The number of hydrogen-bond acceptors (Lipinski definition) is 2. The van der Waals surface area contributed by atoms with E-state index < -0.39 is 0 Å². The summed E-state index contributed by atoms with van der Waals surface area (Å²) < 4.78 is 0. The van der Waals surface area contributed by atoms with Crippen molar-refractivity contribution in [3.05, 3.63) is 0 Å². The number of nitrogens with one attached hydrogen (secondary N) is 1. The average molecular weight is 238 g/mol. The molecule has 100 valence electrons. The smallest absolute Gasteiger partial charge is 0.0173 e. The molecule has 2 nitrogen and oxygen atoms in total. The highest BCUT2D eigenvalue weighted by molar-refractivity contribution is 4.94. The molecule has 2 aliphatic rings. The summed E-state index contributed by atoms with van der Waals surface area (Å²) in [5.74, 6) is 0. The van der Waals surface area contributed by atoms with E-state index in [-0.39, 0.29) is 0 Å². The van der Waals surface area contributed by atoms with Gasteiger partial charge in [-0.25, -0.2) is 0 Å². The van der Waals surface area contributed by atoms with Crippen molar-refractivity contribution >= 4 is 0 Å². The number of hydrogen-bond donors (Lipinski definition) is 1. The lowest BCUT2D eigenvalue weighted by Crippen LogP contribution is -2.57. The van der Waals surface area contributed by atoms with E-state index >= 15 is 0 Å². The summed E-state index contributed by atoms with van der Waals surface area (Å²) in [5.41, 5.74) is 0.440. The first-order valence-electron chi connectivity index (χ1n) is 7.61. The molecule has 0 aromatic heterocycles. The highest BCUT2D eigenvalue weighted by atomic mass is 15.2. The van der Waals surface area contributed by atoms with Crippen molar-refractivity contribution in [2.24, 2.45) is 5.41 Å². The standard InChI is InChI=1S/C15H30N2/c1-4-13-8-6-5-7-11-17(13)14-9-10-16-12-15(14,2)3/h13-14,16H,4-12H2,1-3H3. The fourth-order valence-corrected chi connectivity index (χ4v) is 3.82. The molecule has 2 rings (SSSR count). The summed E-state index contributed by atoms with van der Waals surface area (Å²) in [7, 11) is 0. The Hall–Kier alpha value is -0.0800. The summed E-state index contributed by atoms with van der Waals surface area (Å²) in [5, 5.41) is 3.57. The Morgan fingerprint density at radius 3 is 2.71 bits per heavy atom. The minimum absolute atomic E-state index is 0.440. The van der Waals surface area contributed by atoms with Gasteiger partial charge in [-0.15, -0.1) is 0 Å². The Kier molecular flexibility index (Phi) is 4.48. The van der Waals surface area contributed by atoms with Crippen molar-refractivity contribution in [3.63, 3.8) is 0 Å². The van der Waals surface area contributed by atoms with Gasteiger partial charge in [0.05, 0.1) is 0 Å². The highest BCUT2D eigenvalue weighted by Gasteiger charge is 2.38. The number of nitrogens with zero attached hydrogens (tertiary/aromatic N) is 1. The molecule has 2 unspecified atom stereocenters. The van der Waals surface area contributed by atoms with Crippen LogP contribution in [0.5, 0.6) is 0 Å². The molecule has 0 saturated carbocycles. The van der Waals surface area contributed by atoms with E-state index in [1.165, 1.54) is 58.2 Å². The third kappa shape index (κ3) is 3.03. The Morgan fingerprint density at radius 1 is 1.18 bits per heavy atom.